The van der Waals surface area contributed by atoms with Gasteiger partial charge in [-0.3, -0.25) is 0 Å². The van der Waals surface area contributed by atoms with Gasteiger partial charge in [0.15, 0.2) is 5.17 Å². The molecule has 17 heavy (non-hydrogen) atoms. The number of amidine groups is 1. The van der Waals surface area contributed by atoms with Gasteiger partial charge in [-0.15, -0.1) is 0 Å². The molecule has 6 heteroatoms. The van der Waals surface area contributed by atoms with E-state index in [2.05, 4.69) is 16.0 Å². The van der Waals surface area contributed by atoms with E-state index in [0.29, 0.717) is 5.17 Å². The fourth-order valence-electron chi connectivity index (χ4n) is 1.55. The van der Waals surface area contributed by atoms with Gasteiger partial charge >= 0.3 is 0 Å². The van der Waals surface area contributed by atoms with Crippen molar-refractivity contribution in [2.45, 2.75) is 0 Å². The second-order valence-electron chi connectivity index (χ2n) is 3.48. The van der Waals surface area contributed by atoms with Crippen LogP contribution in [0.1, 0.15) is 0 Å². The molecule has 0 bridgehead atoms. The largest absolute Gasteiger partial charge is 0.378 e. The van der Waals surface area contributed by atoms with E-state index >= 15 is 0 Å². The lowest BCUT2D eigenvalue weighted by molar-refractivity contribution is 0.367. The molecule has 2 rings (SSSR count). The van der Waals surface area contributed by atoms with Crippen molar-refractivity contribution >= 4 is 40.3 Å². The molecule has 1 fully saturated rings. The number of para-hydroxylation sites is 2. The third-order valence-corrected chi connectivity index (χ3v) is 3.66. The molecule has 0 unspecified atom stereocenters. The summed E-state index contributed by atoms with van der Waals surface area (Å²) in [4.78, 5) is 6.67. The average Bonchev–Trinajstić information content (AvgIpc) is 2.40. The number of rotatable bonds is 2. The predicted molar refractivity (Wildman–Crippen MR) is 77.0 cm³/mol. The third-order valence-electron chi connectivity index (χ3n) is 2.40. The minimum absolute atomic E-state index is 0.582. The van der Waals surface area contributed by atoms with E-state index in [0.717, 1.165) is 30.4 Å². The van der Waals surface area contributed by atoms with Gasteiger partial charge in [-0.1, -0.05) is 23.9 Å². The molecule has 1 aromatic carbocycles. The van der Waals surface area contributed by atoms with Crippen molar-refractivity contribution in [2.75, 3.05) is 30.2 Å². The standard InChI is InChI=1S/C11H15N3OS2/c1-16-11(12)13-9-4-2-3-5-10(9)14-6-7-15-17-8-14/h2-5H,6-8H2,1H3,(H2,12,13). The van der Waals surface area contributed by atoms with Crippen molar-refractivity contribution in [1.82, 2.24) is 0 Å². The number of anilines is 1. The molecule has 0 radical (unpaired) electrons. The number of thioether (sulfide) groups is 1. The van der Waals surface area contributed by atoms with Crippen LogP contribution >= 0.6 is 23.8 Å². The maximum absolute atomic E-state index is 5.77. The van der Waals surface area contributed by atoms with Crippen LogP contribution in [0.15, 0.2) is 29.3 Å². The molecule has 0 saturated carbocycles. The van der Waals surface area contributed by atoms with E-state index in [-0.39, 0.29) is 0 Å². The summed E-state index contributed by atoms with van der Waals surface area (Å²) in [6.45, 7) is 1.62. The summed E-state index contributed by atoms with van der Waals surface area (Å²) >= 11 is 2.93. The van der Waals surface area contributed by atoms with Crippen LogP contribution in [0, 0.1) is 0 Å². The smallest absolute Gasteiger partial charge is 0.158 e. The summed E-state index contributed by atoms with van der Waals surface area (Å²) in [6.07, 6.45) is 1.92. The summed E-state index contributed by atoms with van der Waals surface area (Å²) < 4.78 is 5.27. The van der Waals surface area contributed by atoms with Crippen LogP contribution in [0.5, 0.6) is 0 Å². The lowest BCUT2D eigenvalue weighted by Gasteiger charge is -2.28. The number of hydrogen-bond acceptors (Lipinski definition) is 5. The molecule has 1 saturated heterocycles. The van der Waals surface area contributed by atoms with Crippen molar-refractivity contribution in [2.24, 2.45) is 10.7 Å². The fraction of sp³-hybridized carbons (Fsp3) is 0.364. The number of nitrogens with zero attached hydrogens (tertiary/aromatic N) is 2. The monoisotopic (exact) mass is 269 g/mol. The zero-order valence-electron chi connectivity index (χ0n) is 9.63. The minimum Gasteiger partial charge on any atom is -0.378 e. The first-order valence-electron chi connectivity index (χ1n) is 5.28. The number of benzene rings is 1. The molecule has 1 aromatic rings. The molecule has 2 N–H and O–H groups in total. The number of hydrogen-bond donors (Lipinski definition) is 1. The van der Waals surface area contributed by atoms with Gasteiger partial charge in [-0.05, 0) is 18.4 Å². The van der Waals surface area contributed by atoms with Crippen LogP contribution in [0.25, 0.3) is 0 Å². The van der Waals surface area contributed by atoms with Gasteiger partial charge in [-0.2, -0.15) is 0 Å². The van der Waals surface area contributed by atoms with Gasteiger partial charge in [0, 0.05) is 18.6 Å². The zero-order chi connectivity index (χ0) is 12.1. The summed E-state index contributed by atoms with van der Waals surface area (Å²) in [5.41, 5.74) is 7.80. The van der Waals surface area contributed by atoms with E-state index in [9.17, 15) is 0 Å². The van der Waals surface area contributed by atoms with E-state index in [1.807, 2.05) is 24.5 Å². The van der Waals surface area contributed by atoms with Gasteiger partial charge < -0.3 is 14.8 Å². The molecule has 0 amide bonds. The van der Waals surface area contributed by atoms with Crippen LogP contribution in [0.2, 0.25) is 0 Å². The summed E-state index contributed by atoms with van der Waals surface area (Å²) in [5.74, 6) is 0.825. The van der Waals surface area contributed by atoms with Gasteiger partial charge in [0.25, 0.3) is 0 Å². The van der Waals surface area contributed by atoms with Crippen molar-refractivity contribution in [1.29, 1.82) is 0 Å². The van der Waals surface area contributed by atoms with Gasteiger partial charge in [0.05, 0.1) is 23.9 Å². The molecule has 0 aromatic heterocycles. The van der Waals surface area contributed by atoms with E-state index in [1.54, 1.807) is 0 Å². The highest BCUT2D eigenvalue weighted by molar-refractivity contribution is 8.13. The molecule has 0 aliphatic carbocycles. The first-order valence-corrected chi connectivity index (χ1v) is 7.41. The van der Waals surface area contributed by atoms with E-state index < -0.39 is 0 Å². The van der Waals surface area contributed by atoms with Gasteiger partial charge in [0.1, 0.15) is 0 Å². The Bertz CT molecular complexity index is 405. The van der Waals surface area contributed by atoms with Crippen LogP contribution in [-0.4, -0.2) is 30.5 Å². The SMILES string of the molecule is CSC(N)=Nc1ccccc1N1CCOSC1. The Hall–Kier alpha value is -0.850. The fourth-order valence-corrected chi connectivity index (χ4v) is 2.40. The summed E-state index contributed by atoms with van der Waals surface area (Å²) in [5, 5.41) is 0.582. The first kappa shape index (κ1) is 12.6. The minimum atomic E-state index is 0.582. The lowest BCUT2D eigenvalue weighted by atomic mass is 10.2. The summed E-state index contributed by atoms with van der Waals surface area (Å²) in [6, 6.07) is 8.05. The first-order chi connectivity index (χ1) is 8.31. The molecule has 1 aliphatic heterocycles. The number of nitrogens with two attached hydrogens (primary N) is 1. The van der Waals surface area contributed by atoms with Crippen LogP contribution in [0.4, 0.5) is 11.4 Å². The molecule has 92 valence electrons. The Morgan fingerprint density at radius 2 is 2.35 bits per heavy atom. The van der Waals surface area contributed by atoms with Crippen molar-refractivity contribution in [3.63, 3.8) is 0 Å². The van der Waals surface area contributed by atoms with Crippen molar-refractivity contribution < 1.29 is 4.18 Å². The van der Waals surface area contributed by atoms with E-state index in [1.165, 1.54) is 23.8 Å². The van der Waals surface area contributed by atoms with Crippen LogP contribution in [-0.2, 0) is 4.18 Å². The highest BCUT2D eigenvalue weighted by Gasteiger charge is 2.14. The molecular formula is C11H15N3OS2. The molecular weight excluding hydrogens is 254 g/mol. The maximum Gasteiger partial charge on any atom is 0.158 e. The highest BCUT2D eigenvalue weighted by Crippen LogP contribution is 2.31. The third kappa shape index (κ3) is 3.31. The number of aliphatic imine (C=N–C) groups is 1. The van der Waals surface area contributed by atoms with Crippen LogP contribution < -0.4 is 10.6 Å². The van der Waals surface area contributed by atoms with Gasteiger partial charge in [0.2, 0.25) is 0 Å². The molecule has 0 spiro atoms. The van der Waals surface area contributed by atoms with E-state index in [4.69, 9.17) is 9.92 Å². The topological polar surface area (TPSA) is 50.8 Å². The lowest BCUT2D eigenvalue weighted by Crippen LogP contribution is -2.30. The maximum atomic E-state index is 5.77. The van der Waals surface area contributed by atoms with Gasteiger partial charge in [-0.25, -0.2) is 4.99 Å². The zero-order valence-corrected chi connectivity index (χ0v) is 11.3. The molecule has 1 heterocycles. The Morgan fingerprint density at radius 3 is 3.06 bits per heavy atom. The Kier molecular flexibility index (Phi) is 4.58. The molecule has 0 atom stereocenters. The Labute approximate surface area is 110 Å². The normalized spacial score (nSPS) is 17.2. The van der Waals surface area contributed by atoms with Crippen LogP contribution in [0.3, 0.4) is 0 Å². The second kappa shape index (κ2) is 6.18. The van der Waals surface area contributed by atoms with Crippen molar-refractivity contribution in [3.05, 3.63) is 24.3 Å². The average molecular weight is 269 g/mol. The Morgan fingerprint density at radius 1 is 1.53 bits per heavy atom. The predicted octanol–water partition coefficient (Wildman–Crippen LogP) is 2.44. The molecule has 1 aliphatic rings. The summed E-state index contributed by atoms with van der Waals surface area (Å²) in [7, 11) is 0. The second-order valence-corrected chi connectivity index (χ2v) is 5.03. The van der Waals surface area contributed by atoms with Crippen molar-refractivity contribution in [3.8, 4) is 0 Å². The quantitative estimate of drug-likeness (QED) is 0.508. The Balaban J connectivity index is 2.26. The molecule has 4 nitrogen and oxygen atoms in total. The highest BCUT2D eigenvalue weighted by atomic mass is 32.2.